The lowest BCUT2D eigenvalue weighted by Crippen LogP contribution is -2.45. The molecule has 0 bridgehead atoms. The van der Waals surface area contributed by atoms with E-state index in [1.54, 1.807) is 0 Å². The predicted octanol–water partition coefficient (Wildman–Crippen LogP) is 4.23. The van der Waals surface area contributed by atoms with Crippen LogP contribution in [0.15, 0.2) is 48.5 Å². The van der Waals surface area contributed by atoms with Gasteiger partial charge in [-0.2, -0.15) is 0 Å². The Morgan fingerprint density at radius 3 is 1.82 bits per heavy atom. The molecule has 1 saturated heterocycles. The third-order valence-electron chi connectivity index (χ3n) is 4.46. The molecular formula is C18H19Cl2NO. The van der Waals surface area contributed by atoms with Crippen LogP contribution in [0.3, 0.4) is 0 Å². The fourth-order valence-corrected chi connectivity index (χ4v) is 3.51. The van der Waals surface area contributed by atoms with E-state index < -0.39 is 5.60 Å². The second-order valence-electron chi connectivity index (χ2n) is 5.82. The van der Waals surface area contributed by atoms with E-state index >= 15 is 0 Å². The maximum Gasteiger partial charge on any atom is 0.119 e. The highest BCUT2D eigenvalue weighted by Crippen LogP contribution is 2.40. The van der Waals surface area contributed by atoms with Gasteiger partial charge >= 0.3 is 0 Å². The third kappa shape index (κ3) is 3.02. The SMILES string of the molecule is OC(c1ccc(Cl)cc1)(c1ccc(Cl)cc1)C1CCCNC1. The summed E-state index contributed by atoms with van der Waals surface area (Å²) in [5.74, 6) is 0.114. The van der Waals surface area contributed by atoms with Crippen molar-refractivity contribution in [3.05, 3.63) is 69.7 Å². The van der Waals surface area contributed by atoms with Crippen molar-refractivity contribution in [2.24, 2.45) is 5.92 Å². The number of nitrogens with one attached hydrogen (secondary N) is 1. The number of halogens is 2. The number of hydrogen-bond acceptors (Lipinski definition) is 2. The zero-order valence-corrected chi connectivity index (χ0v) is 13.7. The first-order chi connectivity index (χ1) is 10.6. The van der Waals surface area contributed by atoms with Gasteiger partial charge in [0.15, 0.2) is 0 Å². The van der Waals surface area contributed by atoms with E-state index in [9.17, 15) is 5.11 Å². The molecule has 0 radical (unpaired) electrons. The van der Waals surface area contributed by atoms with Crippen molar-refractivity contribution in [2.45, 2.75) is 18.4 Å². The van der Waals surface area contributed by atoms with Crippen LogP contribution in [0.25, 0.3) is 0 Å². The first-order valence-corrected chi connectivity index (χ1v) is 8.31. The van der Waals surface area contributed by atoms with E-state index in [1.165, 1.54) is 0 Å². The van der Waals surface area contributed by atoms with Crippen molar-refractivity contribution in [2.75, 3.05) is 13.1 Å². The molecule has 2 N–H and O–H groups in total. The minimum atomic E-state index is -1.04. The second-order valence-corrected chi connectivity index (χ2v) is 6.70. The van der Waals surface area contributed by atoms with E-state index in [2.05, 4.69) is 5.32 Å². The van der Waals surface area contributed by atoms with E-state index in [4.69, 9.17) is 23.2 Å². The third-order valence-corrected chi connectivity index (χ3v) is 4.96. The van der Waals surface area contributed by atoms with Crippen LogP contribution in [0.5, 0.6) is 0 Å². The van der Waals surface area contributed by atoms with Gasteiger partial charge in [-0.3, -0.25) is 0 Å². The lowest BCUT2D eigenvalue weighted by Gasteiger charge is -2.39. The standard InChI is InChI=1S/C18H19Cl2NO/c19-16-7-3-13(4-8-16)18(22,15-2-1-11-21-12-15)14-5-9-17(20)10-6-14/h3-10,15,21-22H,1-2,11-12H2. The van der Waals surface area contributed by atoms with Gasteiger partial charge in [0.25, 0.3) is 0 Å². The van der Waals surface area contributed by atoms with Crippen molar-refractivity contribution in [3.63, 3.8) is 0 Å². The van der Waals surface area contributed by atoms with E-state index in [0.29, 0.717) is 10.0 Å². The van der Waals surface area contributed by atoms with E-state index in [0.717, 1.165) is 37.1 Å². The molecular weight excluding hydrogens is 317 g/mol. The molecule has 1 heterocycles. The van der Waals surface area contributed by atoms with Gasteiger partial charge in [0.2, 0.25) is 0 Å². The average Bonchev–Trinajstić information content (AvgIpc) is 2.56. The summed E-state index contributed by atoms with van der Waals surface area (Å²) in [7, 11) is 0. The molecule has 2 aromatic rings. The van der Waals surface area contributed by atoms with Gasteiger partial charge in [-0.1, -0.05) is 47.5 Å². The number of hydrogen-bond donors (Lipinski definition) is 2. The van der Waals surface area contributed by atoms with Crippen molar-refractivity contribution in [3.8, 4) is 0 Å². The number of piperidine rings is 1. The summed E-state index contributed by atoms with van der Waals surface area (Å²) in [6.07, 6.45) is 2.04. The smallest absolute Gasteiger partial charge is 0.119 e. The van der Waals surface area contributed by atoms with Crippen molar-refractivity contribution < 1.29 is 5.11 Å². The lowest BCUT2D eigenvalue weighted by molar-refractivity contribution is 0.00541. The summed E-state index contributed by atoms with van der Waals surface area (Å²) >= 11 is 12.0. The Kier molecular flexibility index (Phi) is 4.74. The molecule has 1 atom stereocenters. The fourth-order valence-electron chi connectivity index (χ4n) is 3.25. The fraction of sp³-hybridized carbons (Fsp3) is 0.333. The topological polar surface area (TPSA) is 32.3 Å². The Morgan fingerprint density at radius 2 is 1.41 bits per heavy atom. The minimum Gasteiger partial charge on any atom is -0.380 e. The molecule has 2 aromatic carbocycles. The van der Waals surface area contributed by atoms with Crippen molar-refractivity contribution in [1.29, 1.82) is 0 Å². The maximum atomic E-state index is 11.6. The van der Waals surface area contributed by atoms with E-state index in [-0.39, 0.29) is 5.92 Å². The van der Waals surface area contributed by atoms with Gasteiger partial charge in [0.1, 0.15) is 5.60 Å². The molecule has 1 fully saturated rings. The zero-order valence-electron chi connectivity index (χ0n) is 12.2. The van der Waals surface area contributed by atoms with Crippen LogP contribution in [0, 0.1) is 5.92 Å². The Balaban J connectivity index is 2.08. The summed E-state index contributed by atoms with van der Waals surface area (Å²) in [6, 6.07) is 14.9. The Bertz CT molecular complexity index is 573. The zero-order chi connectivity index (χ0) is 15.6. The normalized spacial score (nSPS) is 19.1. The first-order valence-electron chi connectivity index (χ1n) is 7.56. The summed E-state index contributed by atoms with van der Waals surface area (Å²) < 4.78 is 0. The Labute approximate surface area is 141 Å². The van der Waals surface area contributed by atoms with Crippen LogP contribution in [0.2, 0.25) is 10.0 Å². The van der Waals surface area contributed by atoms with Gasteiger partial charge in [-0.05, 0) is 54.8 Å². The second kappa shape index (κ2) is 6.59. The van der Waals surface area contributed by atoms with Crippen molar-refractivity contribution in [1.82, 2.24) is 5.32 Å². The highest BCUT2D eigenvalue weighted by Gasteiger charge is 2.40. The number of aliphatic hydroxyl groups is 1. The van der Waals surface area contributed by atoms with Gasteiger partial charge in [0.05, 0.1) is 0 Å². The summed E-state index contributed by atoms with van der Waals surface area (Å²) in [6.45, 7) is 1.80. The molecule has 0 aliphatic carbocycles. The Hall–Kier alpha value is -1.06. The van der Waals surface area contributed by atoms with Crippen LogP contribution < -0.4 is 5.32 Å². The van der Waals surface area contributed by atoms with Crippen LogP contribution in [0.4, 0.5) is 0 Å². The van der Waals surface area contributed by atoms with Gasteiger partial charge in [-0.15, -0.1) is 0 Å². The molecule has 1 aliphatic heterocycles. The monoisotopic (exact) mass is 335 g/mol. The van der Waals surface area contributed by atoms with Crippen molar-refractivity contribution >= 4 is 23.2 Å². The highest BCUT2D eigenvalue weighted by atomic mass is 35.5. The minimum absolute atomic E-state index is 0.114. The quantitative estimate of drug-likeness (QED) is 0.879. The van der Waals surface area contributed by atoms with Crippen LogP contribution in [0.1, 0.15) is 24.0 Å². The summed E-state index contributed by atoms with van der Waals surface area (Å²) in [4.78, 5) is 0. The Morgan fingerprint density at radius 1 is 0.909 bits per heavy atom. The molecule has 3 rings (SSSR count). The highest BCUT2D eigenvalue weighted by molar-refractivity contribution is 6.30. The first kappa shape index (κ1) is 15.8. The molecule has 22 heavy (non-hydrogen) atoms. The molecule has 4 heteroatoms. The van der Waals surface area contributed by atoms with Gasteiger partial charge < -0.3 is 10.4 Å². The van der Waals surface area contributed by atoms with Gasteiger partial charge in [-0.25, -0.2) is 0 Å². The van der Waals surface area contributed by atoms with E-state index in [1.807, 2.05) is 48.5 Å². The molecule has 0 saturated carbocycles. The van der Waals surface area contributed by atoms with Gasteiger partial charge in [0, 0.05) is 22.5 Å². The average molecular weight is 336 g/mol. The molecule has 1 unspecified atom stereocenters. The van der Waals surface area contributed by atoms with Crippen LogP contribution >= 0.6 is 23.2 Å². The predicted molar refractivity (Wildman–Crippen MR) is 91.5 cm³/mol. The van der Waals surface area contributed by atoms with Crippen LogP contribution in [-0.2, 0) is 5.60 Å². The number of benzene rings is 2. The summed E-state index contributed by atoms with van der Waals surface area (Å²) in [5, 5.41) is 16.4. The molecule has 1 aliphatic rings. The molecule has 0 spiro atoms. The molecule has 2 nitrogen and oxygen atoms in total. The largest absolute Gasteiger partial charge is 0.380 e. The number of rotatable bonds is 3. The lowest BCUT2D eigenvalue weighted by atomic mass is 9.73. The van der Waals surface area contributed by atoms with Crippen LogP contribution in [-0.4, -0.2) is 18.2 Å². The molecule has 116 valence electrons. The maximum absolute atomic E-state index is 11.6. The molecule has 0 aromatic heterocycles. The summed E-state index contributed by atoms with van der Waals surface area (Å²) in [5.41, 5.74) is 0.698. The molecule has 0 amide bonds.